The summed E-state index contributed by atoms with van der Waals surface area (Å²) in [6.07, 6.45) is 94.4. The van der Waals surface area contributed by atoms with E-state index in [1.807, 2.05) is 6.08 Å². The Balaban J connectivity index is 3.47. The normalized spacial score (nSPS) is 12.9. The van der Waals surface area contributed by atoms with E-state index >= 15 is 0 Å². The maximum absolute atomic E-state index is 12.5. The second-order valence-electron chi connectivity index (χ2n) is 24.9. The summed E-state index contributed by atoms with van der Waals surface area (Å²) in [6.45, 7) is 4.90. The Kier molecular flexibility index (Phi) is 68.9. The average Bonchev–Trinajstić information content (AvgIpc) is 3.48. The molecule has 0 aliphatic heterocycles. The number of carbonyl (C=O) groups is 2. The van der Waals surface area contributed by atoms with Gasteiger partial charge in [-0.2, -0.15) is 0 Å². The van der Waals surface area contributed by atoms with Crippen LogP contribution in [-0.2, 0) is 14.3 Å². The molecule has 0 aromatic rings. The maximum Gasteiger partial charge on any atom is 0.305 e. The van der Waals surface area contributed by atoms with E-state index in [1.54, 1.807) is 6.08 Å². The molecule has 6 nitrogen and oxygen atoms in total. The number of esters is 1. The largest absolute Gasteiger partial charge is 0.466 e. The molecule has 0 radical (unpaired) electrons. The third-order valence-corrected chi connectivity index (χ3v) is 16.8. The van der Waals surface area contributed by atoms with Crippen LogP contribution in [0.5, 0.6) is 0 Å². The van der Waals surface area contributed by atoms with Gasteiger partial charge in [-0.1, -0.05) is 338 Å². The second-order valence-corrected chi connectivity index (χ2v) is 24.9. The Morgan fingerprint density at radius 1 is 0.341 bits per heavy atom. The lowest BCUT2D eigenvalue weighted by Crippen LogP contribution is -2.45. The Labute approximate surface area is 511 Å². The number of aliphatic hydroxyl groups is 2. The van der Waals surface area contributed by atoms with E-state index in [0.29, 0.717) is 19.4 Å². The molecule has 480 valence electrons. The van der Waals surface area contributed by atoms with Crippen LogP contribution in [-0.4, -0.2) is 47.4 Å². The molecule has 0 spiro atoms. The van der Waals surface area contributed by atoms with Gasteiger partial charge in [0, 0.05) is 12.8 Å². The highest BCUT2D eigenvalue weighted by Crippen LogP contribution is 2.18. The van der Waals surface area contributed by atoms with Crippen LogP contribution in [0.2, 0.25) is 0 Å². The van der Waals surface area contributed by atoms with Gasteiger partial charge in [0.2, 0.25) is 5.91 Å². The minimum absolute atomic E-state index is 0.000672. The molecule has 0 heterocycles. The van der Waals surface area contributed by atoms with Gasteiger partial charge in [-0.05, 0) is 96.3 Å². The zero-order valence-corrected chi connectivity index (χ0v) is 55.0. The monoisotopic (exact) mass is 1150 g/mol. The van der Waals surface area contributed by atoms with E-state index in [-0.39, 0.29) is 18.5 Å². The fourth-order valence-electron chi connectivity index (χ4n) is 11.2. The van der Waals surface area contributed by atoms with Crippen LogP contribution in [0.3, 0.4) is 0 Å². The van der Waals surface area contributed by atoms with Crippen molar-refractivity contribution >= 4 is 11.9 Å². The predicted molar refractivity (Wildman–Crippen MR) is 361 cm³/mol. The SMILES string of the molecule is CCCCCC/C=C\C/C=C\CCCCCCCCCC(=O)OCCCCCCCCCCC/C=C\C/C=C\CCCCCCCCCC(=O)NC(CO)C(O)/C=C/CCCCCCCCCCCCCCCCCCCCCCCC. The first-order valence-corrected chi connectivity index (χ1v) is 36.6. The molecular formula is C76H141NO5. The fraction of sp³-hybridized carbons (Fsp3) is 0.842. The summed E-state index contributed by atoms with van der Waals surface area (Å²) in [7, 11) is 0. The van der Waals surface area contributed by atoms with Crippen LogP contribution in [0.25, 0.3) is 0 Å². The highest BCUT2D eigenvalue weighted by atomic mass is 16.5. The van der Waals surface area contributed by atoms with Crippen molar-refractivity contribution in [1.29, 1.82) is 0 Å². The van der Waals surface area contributed by atoms with Crippen molar-refractivity contribution in [2.75, 3.05) is 13.2 Å². The van der Waals surface area contributed by atoms with Crippen molar-refractivity contribution in [2.24, 2.45) is 0 Å². The van der Waals surface area contributed by atoms with E-state index in [4.69, 9.17) is 4.74 Å². The standard InChI is InChI=1S/C76H141NO5/c1-3-5-7-9-11-13-15-17-19-21-23-24-25-27-30-33-36-40-44-48-52-56-60-64-68-74(79)73(72-78)77-75(80)69-65-61-57-53-49-45-41-37-34-31-28-26-29-32-35-39-43-47-51-55-59-63-67-71-82-76(81)70-66-62-58-54-50-46-42-38-22-20-18-16-14-12-10-8-6-4-2/h14,16,20,22,26,29,31,34,64,68,73-74,78-79H,3-13,15,17-19,21,23-25,27-28,30,32-33,35-63,65-67,69-72H2,1-2H3,(H,77,80)/b16-14-,22-20-,29-26-,34-31-,68-64+. The number of rotatable bonds is 68. The summed E-state index contributed by atoms with van der Waals surface area (Å²) in [5.74, 6) is -0.0762. The highest BCUT2D eigenvalue weighted by molar-refractivity contribution is 5.76. The first-order chi connectivity index (χ1) is 40.5. The van der Waals surface area contributed by atoms with E-state index in [1.165, 1.54) is 289 Å². The van der Waals surface area contributed by atoms with Gasteiger partial charge in [-0.15, -0.1) is 0 Å². The number of ether oxygens (including phenoxy) is 1. The van der Waals surface area contributed by atoms with E-state index < -0.39 is 12.1 Å². The number of hydrogen-bond donors (Lipinski definition) is 3. The van der Waals surface area contributed by atoms with Crippen molar-refractivity contribution in [3.05, 3.63) is 60.8 Å². The Morgan fingerprint density at radius 2 is 0.610 bits per heavy atom. The molecule has 0 saturated heterocycles. The van der Waals surface area contributed by atoms with Crippen molar-refractivity contribution in [1.82, 2.24) is 5.32 Å². The molecule has 1 amide bonds. The molecule has 2 unspecified atom stereocenters. The van der Waals surface area contributed by atoms with Crippen molar-refractivity contribution in [3.8, 4) is 0 Å². The molecule has 82 heavy (non-hydrogen) atoms. The zero-order valence-electron chi connectivity index (χ0n) is 55.0. The average molecular weight is 1150 g/mol. The first kappa shape index (κ1) is 79.6. The summed E-state index contributed by atoms with van der Waals surface area (Å²) >= 11 is 0. The molecular weight excluding hydrogens is 1010 g/mol. The Morgan fingerprint density at radius 3 is 0.939 bits per heavy atom. The van der Waals surface area contributed by atoms with Gasteiger partial charge in [0.05, 0.1) is 25.4 Å². The van der Waals surface area contributed by atoms with Crippen molar-refractivity contribution in [3.63, 3.8) is 0 Å². The topological polar surface area (TPSA) is 95.9 Å². The molecule has 0 bridgehead atoms. The predicted octanol–water partition coefficient (Wildman–Crippen LogP) is 23.8. The summed E-state index contributed by atoms with van der Waals surface area (Å²) in [6, 6.07) is -0.639. The first-order valence-electron chi connectivity index (χ1n) is 36.6. The van der Waals surface area contributed by atoms with E-state index in [0.717, 1.165) is 70.6 Å². The van der Waals surface area contributed by atoms with Gasteiger partial charge in [0.15, 0.2) is 0 Å². The molecule has 0 saturated carbocycles. The highest BCUT2D eigenvalue weighted by Gasteiger charge is 2.18. The molecule has 0 aliphatic carbocycles. The van der Waals surface area contributed by atoms with Crippen molar-refractivity contribution in [2.45, 2.75) is 398 Å². The number of nitrogens with one attached hydrogen (secondary N) is 1. The molecule has 0 rings (SSSR count). The molecule has 0 fully saturated rings. The number of aliphatic hydroxyl groups excluding tert-OH is 2. The van der Waals surface area contributed by atoms with Crippen molar-refractivity contribution < 1.29 is 24.5 Å². The number of hydrogen-bond acceptors (Lipinski definition) is 5. The van der Waals surface area contributed by atoms with Crippen LogP contribution >= 0.6 is 0 Å². The molecule has 0 aliphatic rings. The van der Waals surface area contributed by atoms with Gasteiger partial charge in [0.1, 0.15) is 0 Å². The third-order valence-electron chi connectivity index (χ3n) is 16.8. The lowest BCUT2D eigenvalue weighted by atomic mass is 10.0. The second kappa shape index (κ2) is 71.0. The summed E-state index contributed by atoms with van der Waals surface area (Å²) < 4.78 is 5.49. The van der Waals surface area contributed by atoms with Crippen LogP contribution in [0.1, 0.15) is 386 Å². The quantitative estimate of drug-likeness (QED) is 0.0320. The molecule has 0 aromatic heterocycles. The lowest BCUT2D eigenvalue weighted by Gasteiger charge is -2.20. The summed E-state index contributed by atoms with van der Waals surface area (Å²) in [5.41, 5.74) is 0. The van der Waals surface area contributed by atoms with Gasteiger partial charge in [0.25, 0.3) is 0 Å². The minimum Gasteiger partial charge on any atom is -0.466 e. The van der Waals surface area contributed by atoms with Crippen LogP contribution < -0.4 is 5.32 Å². The van der Waals surface area contributed by atoms with Gasteiger partial charge >= 0.3 is 5.97 Å². The fourth-order valence-corrected chi connectivity index (χ4v) is 11.2. The molecule has 0 aromatic carbocycles. The molecule has 6 heteroatoms. The lowest BCUT2D eigenvalue weighted by molar-refractivity contribution is -0.143. The Bertz CT molecular complexity index is 1420. The third kappa shape index (κ3) is 66.7. The smallest absolute Gasteiger partial charge is 0.305 e. The number of carbonyl (C=O) groups excluding carboxylic acids is 2. The van der Waals surface area contributed by atoms with Gasteiger partial charge in [-0.3, -0.25) is 9.59 Å². The number of allylic oxidation sites excluding steroid dienone is 9. The maximum atomic E-state index is 12.5. The number of amides is 1. The van der Waals surface area contributed by atoms with Gasteiger partial charge in [-0.25, -0.2) is 0 Å². The van der Waals surface area contributed by atoms with E-state index in [9.17, 15) is 19.8 Å². The van der Waals surface area contributed by atoms with Crippen LogP contribution in [0.4, 0.5) is 0 Å². The number of unbranched alkanes of at least 4 members (excludes halogenated alkanes) is 49. The molecule has 3 N–H and O–H groups in total. The summed E-state index contributed by atoms with van der Waals surface area (Å²) in [4.78, 5) is 24.6. The molecule has 2 atom stereocenters. The van der Waals surface area contributed by atoms with E-state index in [2.05, 4.69) is 67.8 Å². The zero-order chi connectivity index (χ0) is 59.2. The minimum atomic E-state index is -0.854. The Hall–Kier alpha value is -2.44. The van der Waals surface area contributed by atoms with Gasteiger partial charge < -0.3 is 20.3 Å². The van der Waals surface area contributed by atoms with Crippen LogP contribution in [0.15, 0.2) is 60.8 Å². The van der Waals surface area contributed by atoms with Crippen LogP contribution in [0, 0.1) is 0 Å². The summed E-state index contributed by atoms with van der Waals surface area (Å²) in [5, 5.41) is 23.3.